The van der Waals surface area contributed by atoms with Crippen LogP contribution in [0, 0.1) is 0 Å². The van der Waals surface area contributed by atoms with Crippen molar-refractivity contribution in [2.75, 3.05) is 27.3 Å². The van der Waals surface area contributed by atoms with E-state index in [1.54, 1.807) is 14.2 Å². The SMILES string of the molecule is COc1ccc(C2=NCCN2)cc1OC. The van der Waals surface area contributed by atoms with Gasteiger partial charge in [0.1, 0.15) is 5.84 Å². The summed E-state index contributed by atoms with van der Waals surface area (Å²) >= 11 is 0. The number of rotatable bonds is 3. The van der Waals surface area contributed by atoms with E-state index >= 15 is 0 Å². The Morgan fingerprint density at radius 2 is 2.00 bits per heavy atom. The quantitative estimate of drug-likeness (QED) is 0.804. The first-order valence-corrected chi connectivity index (χ1v) is 4.86. The molecule has 1 aromatic carbocycles. The van der Waals surface area contributed by atoms with E-state index < -0.39 is 0 Å². The van der Waals surface area contributed by atoms with Gasteiger partial charge < -0.3 is 14.8 Å². The van der Waals surface area contributed by atoms with Crippen molar-refractivity contribution in [3.8, 4) is 11.5 Å². The van der Waals surface area contributed by atoms with E-state index in [1.165, 1.54) is 0 Å². The maximum atomic E-state index is 5.23. The fraction of sp³-hybridized carbons (Fsp3) is 0.364. The first kappa shape index (κ1) is 9.83. The summed E-state index contributed by atoms with van der Waals surface area (Å²) in [6.07, 6.45) is 0. The van der Waals surface area contributed by atoms with Crippen LogP contribution in [0.2, 0.25) is 0 Å². The highest BCUT2D eigenvalue weighted by atomic mass is 16.5. The Labute approximate surface area is 88.9 Å². The monoisotopic (exact) mass is 206 g/mol. The Morgan fingerprint density at radius 1 is 1.20 bits per heavy atom. The van der Waals surface area contributed by atoms with Gasteiger partial charge in [0, 0.05) is 12.1 Å². The molecular formula is C11H14N2O2. The molecule has 0 atom stereocenters. The topological polar surface area (TPSA) is 42.8 Å². The molecular weight excluding hydrogens is 192 g/mol. The van der Waals surface area contributed by atoms with Gasteiger partial charge in [-0.3, -0.25) is 4.99 Å². The predicted octanol–water partition coefficient (Wildman–Crippen LogP) is 1.05. The minimum Gasteiger partial charge on any atom is -0.493 e. The molecule has 0 spiro atoms. The largest absolute Gasteiger partial charge is 0.493 e. The smallest absolute Gasteiger partial charge is 0.161 e. The third-order valence-electron chi connectivity index (χ3n) is 2.33. The molecule has 1 heterocycles. The Bertz CT molecular complexity index is 388. The summed E-state index contributed by atoms with van der Waals surface area (Å²) in [7, 11) is 3.26. The van der Waals surface area contributed by atoms with Crippen molar-refractivity contribution < 1.29 is 9.47 Å². The molecule has 0 aromatic heterocycles. The Morgan fingerprint density at radius 3 is 2.60 bits per heavy atom. The van der Waals surface area contributed by atoms with Gasteiger partial charge in [0.05, 0.1) is 20.8 Å². The van der Waals surface area contributed by atoms with Gasteiger partial charge in [-0.1, -0.05) is 0 Å². The fourth-order valence-corrected chi connectivity index (χ4v) is 1.57. The van der Waals surface area contributed by atoms with Crippen molar-refractivity contribution in [3.63, 3.8) is 0 Å². The molecule has 1 aliphatic rings. The molecule has 0 aliphatic carbocycles. The molecule has 0 fully saturated rings. The van der Waals surface area contributed by atoms with E-state index in [9.17, 15) is 0 Å². The van der Waals surface area contributed by atoms with Gasteiger partial charge in [0.25, 0.3) is 0 Å². The average Bonchev–Trinajstić information content (AvgIpc) is 2.81. The molecule has 0 bridgehead atoms. The van der Waals surface area contributed by atoms with Crippen molar-refractivity contribution in [1.29, 1.82) is 0 Å². The van der Waals surface area contributed by atoms with Crippen molar-refractivity contribution in [2.24, 2.45) is 4.99 Å². The zero-order chi connectivity index (χ0) is 10.7. The van der Waals surface area contributed by atoms with Crippen LogP contribution >= 0.6 is 0 Å². The number of methoxy groups -OCH3 is 2. The summed E-state index contributed by atoms with van der Waals surface area (Å²) in [4.78, 5) is 4.35. The maximum absolute atomic E-state index is 5.23. The van der Waals surface area contributed by atoms with Crippen LogP contribution < -0.4 is 14.8 Å². The van der Waals surface area contributed by atoms with Gasteiger partial charge in [-0.2, -0.15) is 0 Å². The molecule has 80 valence electrons. The molecule has 0 saturated heterocycles. The second kappa shape index (κ2) is 4.21. The number of hydrogen-bond acceptors (Lipinski definition) is 4. The van der Waals surface area contributed by atoms with Gasteiger partial charge >= 0.3 is 0 Å². The summed E-state index contributed by atoms with van der Waals surface area (Å²) in [5.74, 6) is 2.39. The molecule has 1 N–H and O–H groups in total. The zero-order valence-corrected chi connectivity index (χ0v) is 8.91. The van der Waals surface area contributed by atoms with Crippen molar-refractivity contribution in [2.45, 2.75) is 0 Å². The van der Waals surface area contributed by atoms with Crippen LogP contribution in [0.25, 0.3) is 0 Å². The molecule has 0 amide bonds. The Balaban J connectivity index is 2.34. The first-order chi connectivity index (χ1) is 7.35. The number of hydrogen-bond donors (Lipinski definition) is 1. The van der Waals surface area contributed by atoms with E-state index in [4.69, 9.17) is 9.47 Å². The van der Waals surface area contributed by atoms with Crippen molar-refractivity contribution in [1.82, 2.24) is 5.32 Å². The van der Waals surface area contributed by atoms with Gasteiger partial charge in [-0.25, -0.2) is 0 Å². The molecule has 4 heteroatoms. The number of ether oxygens (including phenoxy) is 2. The van der Waals surface area contributed by atoms with E-state index in [0.29, 0.717) is 0 Å². The highest BCUT2D eigenvalue weighted by molar-refractivity contribution is 6.00. The summed E-state index contributed by atoms with van der Waals surface area (Å²) in [5.41, 5.74) is 1.03. The van der Waals surface area contributed by atoms with Gasteiger partial charge in [-0.15, -0.1) is 0 Å². The Kier molecular flexibility index (Phi) is 2.76. The average molecular weight is 206 g/mol. The normalized spacial score (nSPS) is 14.4. The summed E-state index contributed by atoms with van der Waals surface area (Å²) in [6, 6.07) is 5.78. The van der Waals surface area contributed by atoms with Crippen LogP contribution in [-0.4, -0.2) is 33.1 Å². The lowest BCUT2D eigenvalue weighted by atomic mass is 10.2. The molecule has 1 aliphatic heterocycles. The van der Waals surface area contributed by atoms with Crippen LogP contribution in [0.3, 0.4) is 0 Å². The van der Waals surface area contributed by atoms with Gasteiger partial charge in [0.15, 0.2) is 11.5 Å². The van der Waals surface area contributed by atoms with Gasteiger partial charge in [0.2, 0.25) is 0 Å². The van der Waals surface area contributed by atoms with Crippen molar-refractivity contribution in [3.05, 3.63) is 23.8 Å². The second-order valence-corrected chi connectivity index (χ2v) is 3.23. The molecule has 15 heavy (non-hydrogen) atoms. The predicted molar refractivity (Wildman–Crippen MR) is 59.0 cm³/mol. The van der Waals surface area contributed by atoms with E-state index in [1.807, 2.05) is 18.2 Å². The van der Waals surface area contributed by atoms with Crippen LogP contribution in [0.5, 0.6) is 11.5 Å². The van der Waals surface area contributed by atoms with Crippen molar-refractivity contribution >= 4 is 5.84 Å². The standard InChI is InChI=1S/C11H14N2O2/c1-14-9-4-3-8(7-10(9)15-2)11-12-5-6-13-11/h3-4,7H,5-6H2,1-2H3,(H,12,13). The lowest BCUT2D eigenvalue weighted by Gasteiger charge is -2.09. The summed E-state index contributed by atoms with van der Waals surface area (Å²) in [6.45, 7) is 1.74. The number of aliphatic imine (C=N–C) groups is 1. The van der Waals surface area contributed by atoms with E-state index in [-0.39, 0.29) is 0 Å². The zero-order valence-electron chi connectivity index (χ0n) is 8.91. The number of nitrogens with zero attached hydrogens (tertiary/aromatic N) is 1. The van der Waals surface area contributed by atoms with E-state index in [2.05, 4.69) is 10.3 Å². The number of benzene rings is 1. The third-order valence-corrected chi connectivity index (χ3v) is 2.33. The molecule has 0 saturated carbocycles. The van der Waals surface area contributed by atoms with E-state index in [0.717, 1.165) is 36.0 Å². The minimum absolute atomic E-state index is 0.728. The molecule has 0 radical (unpaired) electrons. The lowest BCUT2D eigenvalue weighted by molar-refractivity contribution is 0.355. The first-order valence-electron chi connectivity index (χ1n) is 4.86. The van der Waals surface area contributed by atoms with Crippen LogP contribution in [0.15, 0.2) is 23.2 Å². The number of nitrogens with one attached hydrogen (secondary N) is 1. The summed E-state index contributed by atoms with van der Waals surface area (Å²) in [5, 5.41) is 3.22. The third kappa shape index (κ3) is 1.88. The van der Waals surface area contributed by atoms with Crippen LogP contribution in [-0.2, 0) is 0 Å². The van der Waals surface area contributed by atoms with Crippen LogP contribution in [0.4, 0.5) is 0 Å². The van der Waals surface area contributed by atoms with Gasteiger partial charge in [-0.05, 0) is 18.2 Å². The van der Waals surface area contributed by atoms with Crippen LogP contribution in [0.1, 0.15) is 5.56 Å². The molecule has 4 nitrogen and oxygen atoms in total. The summed E-state index contributed by atoms with van der Waals surface area (Å²) < 4.78 is 10.4. The second-order valence-electron chi connectivity index (χ2n) is 3.23. The highest BCUT2D eigenvalue weighted by Gasteiger charge is 2.11. The molecule has 2 rings (SSSR count). The lowest BCUT2D eigenvalue weighted by Crippen LogP contribution is -2.19. The molecule has 0 unspecified atom stereocenters. The number of amidine groups is 1. The fourth-order valence-electron chi connectivity index (χ4n) is 1.57. The Hall–Kier alpha value is -1.71. The minimum atomic E-state index is 0.728. The maximum Gasteiger partial charge on any atom is 0.161 e. The molecule has 1 aromatic rings. The highest BCUT2D eigenvalue weighted by Crippen LogP contribution is 2.27.